The third-order valence-corrected chi connectivity index (χ3v) is 3.61. The molecule has 1 unspecified atom stereocenters. The van der Waals surface area contributed by atoms with Gasteiger partial charge < -0.3 is 15.2 Å². The van der Waals surface area contributed by atoms with E-state index < -0.39 is 0 Å². The van der Waals surface area contributed by atoms with Crippen LogP contribution in [0.25, 0.3) is 0 Å². The molecule has 2 N–H and O–H groups in total. The summed E-state index contributed by atoms with van der Waals surface area (Å²) >= 11 is 0. The molecule has 1 atom stereocenters. The van der Waals surface area contributed by atoms with Gasteiger partial charge in [0.05, 0.1) is 6.61 Å². The molecule has 1 saturated heterocycles. The Morgan fingerprint density at radius 3 is 2.88 bits per heavy atom. The van der Waals surface area contributed by atoms with Crippen molar-refractivity contribution in [3.05, 3.63) is 0 Å². The molecule has 1 fully saturated rings. The van der Waals surface area contributed by atoms with Gasteiger partial charge in [-0.3, -0.25) is 4.90 Å². The van der Waals surface area contributed by atoms with Crippen LogP contribution in [-0.2, 0) is 9.47 Å². The summed E-state index contributed by atoms with van der Waals surface area (Å²) in [5, 5.41) is 0. The lowest BCUT2D eigenvalue weighted by atomic mass is 9.89. The van der Waals surface area contributed by atoms with Crippen LogP contribution in [-0.4, -0.2) is 57.0 Å². The van der Waals surface area contributed by atoms with Gasteiger partial charge in [-0.15, -0.1) is 0 Å². The van der Waals surface area contributed by atoms with Gasteiger partial charge in [-0.2, -0.15) is 0 Å². The van der Waals surface area contributed by atoms with E-state index in [1.807, 2.05) is 6.92 Å². The number of hydrogen-bond acceptors (Lipinski definition) is 4. The number of likely N-dealkylation sites (N-methyl/N-ethyl adjacent to an activating group) is 1. The summed E-state index contributed by atoms with van der Waals surface area (Å²) in [4.78, 5) is 2.36. The smallest absolute Gasteiger partial charge is 0.0593 e. The molecule has 0 aromatic carbocycles. The monoisotopic (exact) mass is 230 g/mol. The second-order valence-corrected chi connectivity index (χ2v) is 4.51. The van der Waals surface area contributed by atoms with Crippen LogP contribution < -0.4 is 5.73 Å². The molecular formula is C12H26N2O2. The van der Waals surface area contributed by atoms with Crippen LogP contribution in [0.5, 0.6) is 0 Å². The van der Waals surface area contributed by atoms with Crippen molar-refractivity contribution in [3.8, 4) is 0 Å². The lowest BCUT2D eigenvalue weighted by Crippen LogP contribution is -2.53. The number of ether oxygens (including phenoxy) is 2. The lowest BCUT2D eigenvalue weighted by Gasteiger charge is -2.40. The standard InChI is InChI=1S/C12H26N2O2/c1-3-15-10-7-14(2)12(11-13)5-4-8-16-9-6-12/h3-11,13H2,1-2H3. The molecule has 0 aliphatic carbocycles. The first-order chi connectivity index (χ1) is 7.75. The van der Waals surface area contributed by atoms with Gasteiger partial charge in [0.25, 0.3) is 0 Å². The van der Waals surface area contributed by atoms with Crippen molar-refractivity contribution < 1.29 is 9.47 Å². The fraction of sp³-hybridized carbons (Fsp3) is 1.00. The molecule has 4 heteroatoms. The van der Waals surface area contributed by atoms with Gasteiger partial charge in [-0.1, -0.05) is 0 Å². The van der Waals surface area contributed by atoms with Gasteiger partial charge in [0.15, 0.2) is 0 Å². The number of nitrogens with zero attached hydrogens (tertiary/aromatic N) is 1. The van der Waals surface area contributed by atoms with Crippen molar-refractivity contribution in [2.75, 3.05) is 46.6 Å². The molecule has 0 aromatic heterocycles. The van der Waals surface area contributed by atoms with E-state index in [9.17, 15) is 0 Å². The number of hydrogen-bond donors (Lipinski definition) is 1. The normalized spacial score (nSPS) is 27.0. The van der Waals surface area contributed by atoms with E-state index in [0.29, 0.717) is 6.54 Å². The highest BCUT2D eigenvalue weighted by Crippen LogP contribution is 2.26. The summed E-state index contributed by atoms with van der Waals surface area (Å²) in [5.74, 6) is 0. The fourth-order valence-corrected chi connectivity index (χ4v) is 2.32. The Balaban J connectivity index is 2.48. The summed E-state index contributed by atoms with van der Waals surface area (Å²) in [6.45, 7) is 6.96. The summed E-state index contributed by atoms with van der Waals surface area (Å²) in [5.41, 5.74) is 6.09. The minimum absolute atomic E-state index is 0.119. The summed E-state index contributed by atoms with van der Waals surface area (Å²) in [6, 6.07) is 0. The molecule has 1 aliphatic rings. The summed E-state index contributed by atoms with van der Waals surface area (Å²) < 4.78 is 10.9. The molecule has 0 radical (unpaired) electrons. The Hall–Kier alpha value is -0.160. The summed E-state index contributed by atoms with van der Waals surface area (Å²) in [7, 11) is 2.15. The molecule has 0 saturated carbocycles. The molecule has 0 spiro atoms. The minimum atomic E-state index is 0.119. The highest BCUT2D eigenvalue weighted by atomic mass is 16.5. The predicted molar refractivity (Wildman–Crippen MR) is 65.6 cm³/mol. The molecule has 1 rings (SSSR count). The molecule has 0 amide bonds. The number of nitrogens with two attached hydrogens (primary N) is 1. The molecule has 4 nitrogen and oxygen atoms in total. The SMILES string of the molecule is CCOCCN(C)C1(CN)CCCOCC1. The van der Waals surface area contributed by atoms with Gasteiger partial charge in [-0.25, -0.2) is 0 Å². The topological polar surface area (TPSA) is 47.7 Å². The van der Waals surface area contributed by atoms with Crippen LogP contribution >= 0.6 is 0 Å². The third-order valence-electron chi connectivity index (χ3n) is 3.61. The van der Waals surface area contributed by atoms with E-state index in [1.54, 1.807) is 0 Å². The zero-order chi connectivity index (χ0) is 11.9. The van der Waals surface area contributed by atoms with Gasteiger partial charge >= 0.3 is 0 Å². The van der Waals surface area contributed by atoms with Gasteiger partial charge in [-0.05, 0) is 33.2 Å². The third kappa shape index (κ3) is 3.70. The first-order valence-corrected chi connectivity index (χ1v) is 6.32. The van der Waals surface area contributed by atoms with Crippen molar-refractivity contribution in [2.24, 2.45) is 5.73 Å². The molecule has 16 heavy (non-hydrogen) atoms. The maximum Gasteiger partial charge on any atom is 0.0593 e. The Kier molecular flexibility index (Phi) is 6.28. The number of rotatable bonds is 6. The van der Waals surface area contributed by atoms with Crippen molar-refractivity contribution in [3.63, 3.8) is 0 Å². The van der Waals surface area contributed by atoms with Gasteiger partial charge in [0.1, 0.15) is 0 Å². The van der Waals surface area contributed by atoms with Crippen LogP contribution in [0.3, 0.4) is 0 Å². The Morgan fingerprint density at radius 2 is 2.19 bits per heavy atom. The maximum absolute atomic E-state index is 5.97. The largest absolute Gasteiger partial charge is 0.381 e. The van der Waals surface area contributed by atoms with E-state index in [0.717, 1.165) is 52.2 Å². The van der Waals surface area contributed by atoms with Crippen LogP contribution in [0.2, 0.25) is 0 Å². The van der Waals surface area contributed by atoms with E-state index in [-0.39, 0.29) is 5.54 Å². The second kappa shape index (κ2) is 7.22. The average Bonchev–Trinajstić information content (AvgIpc) is 2.55. The van der Waals surface area contributed by atoms with Gasteiger partial charge in [0.2, 0.25) is 0 Å². The molecular weight excluding hydrogens is 204 g/mol. The van der Waals surface area contributed by atoms with Crippen LogP contribution in [0.15, 0.2) is 0 Å². The minimum Gasteiger partial charge on any atom is -0.381 e. The highest BCUT2D eigenvalue weighted by molar-refractivity contribution is 4.91. The van der Waals surface area contributed by atoms with Crippen molar-refractivity contribution >= 4 is 0 Å². The van der Waals surface area contributed by atoms with E-state index in [4.69, 9.17) is 15.2 Å². The molecule has 0 bridgehead atoms. The van der Waals surface area contributed by atoms with E-state index >= 15 is 0 Å². The van der Waals surface area contributed by atoms with E-state index in [1.165, 1.54) is 0 Å². The quantitative estimate of drug-likeness (QED) is 0.687. The predicted octanol–water partition coefficient (Wildman–Crippen LogP) is 0.853. The van der Waals surface area contributed by atoms with Crippen LogP contribution in [0, 0.1) is 0 Å². The highest BCUT2D eigenvalue weighted by Gasteiger charge is 2.33. The second-order valence-electron chi connectivity index (χ2n) is 4.51. The molecule has 0 aromatic rings. The molecule has 96 valence electrons. The Morgan fingerprint density at radius 1 is 1.38 bits per heavy atom. The lowest BCUT2D eigenvalue weighted by molar-refractivity contribution is 0.0529. The van der Waals surface area contributed by atoms with E-state index in [2.05, 4.69) is 11.9 Å². The maximum atomic E-state index is 5.97. The van der Waals surface area contributed by atoms with Crippen molar-refractivity contribution in [1.29, 1.82) is 0 Å². The van der Waals surface area contributed by atoms with Gasteiger partial charge in [0, 0.05) is 38.4 Å². The van der Waals surface area contributed by atoms with Crippen LogP contribution in [0.4, 0.5) is 0 Å². The average molecular weight is 230 g/mol. The fourth-order valence-electron chi connectivity index (χ4n) is 2.32. The van der Waals surface area contributed by atoms with Crippen LogP contribution in [0.1, 0.15) is 26.2 Å². The summed E-state index contributed by atoms with van der Waals surface area (Å²) in [6.07, 6.45) is 3.27. The first kappa shape index (κ1) is 13.9. The van der Waals surface area contributed by atoms with Crippen molar-refractivity contribution in [2.45, 2.75) is 31.7 Å². The molecule has 1 heterocycles. The van der Waals surface area contributed by atoms with Crippen molar-refractivity contribution in [1.82, 2.24) is 4.90 Å². The zero-order valence-electron chi connectivity index (χ0n) is 10.7. The Labute approximate surface area is 99.1 Å². The molecule has 1 aliphatic heterocycles. The Bertz CT molecular complexity index is 180. The first-order valence-electron chi connectivity index (χ1n) is 6.32. The zero-order valence-corrected chi connectivity index (χ0v) is 10.7.